The maximum Gasteiger partial charge on any atom is 0.403 e. The van der Waals surface area contributed by atoms with E-state index in [0.717, 1.165) is 6.20 Å². The van der Waals surface area contributed by atoms with Gasteiger partial charge in [-0.1, -0.05) is 42.5 Å². The molecule has 1 atom stereocenters. The minimum absolute atomic E-state index is 0.0868. The van der Waals surface area contributed by atoms with E-state index in [0.29, 0.717) is 11.1 Å². The van der Waals surface area contributed by atoms with E-state index in [1.165, 1.54) is 31.3 Å². The molecule has 1 aromatic carbocycles. The Balaban J connectivity index is 2.32. The monoisotopic (exact) mass is 359 g/mol. The number of halogens is 3. The van der Waals surface area contributed by atoms with Gasteiger partial charge >= 0.3 is 12.1 Å². The van der Waals surface area contributed by atoms with E-state index in [4.69, 9.17) is 0 Å². The highest BCUT2D eigenvalue weighted by molar-refractivity contribution is 5.94. The molecule has 0 radical (unpaired) electrons. The number of hydrogen-bond donors (Lipinski definition) is 1. The number of hydrogen-bond acceptors (Lipinski definition) is 2. The van der Waals surface area contributed by atoms with Crippen molar-refractivity contribution >= 4 is 11.5 Å². The lowest BCUT2D eigenvalue weighted by atomic mass is 9.64. The van der Waals surface area contributed by atoms with Crippen molar-refractivity contribution in [3.8, 4) is 0 Å². The van der Waals surface area contributed by atoms with Crippen molar-refractivity contribution in [1.82, 2.24) is 4.98 Å². The Bertz CT molecular complexity index is 886. The zero-order valence-electron chi connectivity index (χ0n) is 13.9. The lowest BCUT2D eigenvalue weighted by Crippen LogP contribution is -2.48. The number of carboxylic acid groups (broad SMARTS) is 1. The molecule has 1 aliphatic rings. The van der Waals surface area contributed by atoms with E-state index in [1.54, 1.807) is 30.3 Å². The van der Waals surface area contributed by atoms with Gasteiger partial charge in [0, 0.05) is 12.4 Å². The lowest BCUT2D eigenvalue weighted by Gasteiger charge is -2.40. The largest absolute Gasteiger partial charge is 0.478 e. The van der Waals surface area contributed by atoms with Crippen molar-refractivity contribution in [1.29, 1.82) is 0 Å². The van der Waals surface area contributed by atoms with Gasteiger partial charge in [0.1, 0.15) is 5.41 Å². The summed E-state index contributed by atoms with van der Waals surface area (Å²) >= 11 is 0. The Kier molecular flexibility index (Phi) is 4.44. The minimum Gasteiger partial charge on any atom is -0.478 e. The maximum atomic E-state index is 14.4. The van der Waals surface area contributed by atoms with Crippen molar-refractivity contribution in [2.75, 3.05) is 0 Å². The van der Waals surface area contributed by atoms with Crippen LogP contribution in [0.2, 0.25) is 0 Å². The number of nitrogens with zero attached hydrogens (tertiary/aromatic N) is 1. The summed E-state index contributed by atoms with van der Waals surface area (Å²) in [5.74, 6) is -1.58. The van der Waals surface area contributed by atoms with Gasteiger partial charge in [-0.25, -0.2) is 4.79 Å². The number of aromatic nitrogens is 1. The van der Waals surface area contributed by atoms with Crippen LogP contribution in [0.25, 0.3) is 5.57 Å². The number of allylic oxidation sites excluding steroid dienone is 3. The first-order chi connectivity index (χ1) is 12.3. The SMILES string of the molecule is CC1=C(C(=O)O)C(c2cccnc2)(C(F)(F)F)CC(c2ccccc2)=C1. The average Bonchev–Trinajstić information content (AvgIpc) is 2.61. The van der Waals surface area contributed by atoms with Crippen LogP contribution in [0.15, 0.2) is 72.1 Å². The molecule has 1 N–H and O–H groups in total. The van der Waals surface area contributed by atoms with Crippen LogP contribution in [0, 0.1) is 0 Å². The summed E-state index contributed by atoms with van der Waals surface area (Å²) < 4.78 is 43.2. The van der Waals surface area contributed by atoms with Crippen LogP contribution in [0.3, 0.4) is 0 Å². The molecule has 0 saturated carbocycles. The molecular formula is C20H16F3NO2. The number of carboxylic acids is 1. The molecule has 2 aromatic rings. The number of pyridine rings is 1. The number of aliphatic carboxylic acids is 1. The van der Waals surface area contributed by atoms with Gasteiger partial charge in [0.25, 0.3) is 0 Å². The minimum atomic E-state index is -4.81. The van der Waals surface area contributed by atoms with Crippen LogP contribution in [-0.2, 0) is 10.2 Å². The first kappa shape index (κ1) is 17.9. The number of carbonyl (C=O) groups is 1. The Morgan fingerprint density at radius 3 is 2.38 bits per heavy atom. The second-order valence-corrected chi connectivity index (χ2v) is 6.22. The van der Waals surface area contributed by atoms with Crippen molar-refractivity contribution in [3.63, 3.8) is 0 Å². The van der Waals surface area contributed by atoms with Crippen LogP contribution in [0.5, 0.6) is 0 Å². The molecule has 3 nitrogen and oxygen atoms in total. The summed E-state index contributed by atoms with van der Waals surface area (Å²) in [6, 6.07) is 11.4. The number of benzene rings is 1. The second-order valence-electron chi connectivity index (χ2n) is 6.22. The molecular weight excluding hydrogens is 343 g/mol. The van der Waals surface area contributed by atoms with Gasteiger partial charge in [-0.3, -0.25) is 4.98 Å². The number of alkyl halides is 3. The Labute approximate surface area is 148 Å². The van der Waals surface area contributed by atoms with Crippen molar-refractivity contribution < 1.29 is 23.1 Å². The van der Waals surface area contributed by atoms with E-state index in [1.807, 2.05) is 0 Å². The standard InChI is InChI=1S/C20H16F3NO2/c1-13-10-15(14-6-3-2-4-7-14)11-19(20(21,22)23,17(13)18(25)26)16-8-5-9-24-12-16/h2-10,12H,11H2,1H3,(H,25,26). The van der Waals surface area contributed by atoms with Gasteiger partial charge in [0.05, 0.1) is 5.57 Å². The third-order valence-corrected chi connectivity index (χ3v) is 4.66. The highest BCUT2D eigenvalue weighted by Gasteiger charge is 2.61. The summed E-state index contributed by atoms with van der Waals surface area (Å²) in [6.45, 7) is 1.41. The molecule has 0 saturated heterocycles. The second kappa shape index (κ2) is 6.44. The van der Waals surface area contributed by atoms with Crippen LogP contribution < -0.4 is 0 Å². The summed E-state index contributed by atoms with van der Waals surface area (Å²) in [6.07, 6.45) is -1.32. The molecule has 0 spiro atoms. The molecule has 0 aliphatic heterocycles. The van der Waals surface area contributed by atoms with Crippen molar-refractivity contribution in [3.05, 3.63) is 83.2 Å². The molecule has 1 aromatic heterocycles. The van der Waals surface area contributed by atoms with E-state index in [9.17, 15) is 23.1 Å². The van der Waals surface area contributed by atoms with E-state index in [2.05, 4.69) is 4.98 Å². The molecule has 1 heterocycles. The van der Waals surface area contributed by atoms with E-state index < -0.39 is 29.6 Å². The molecule has 0 bridgehead atoms. The summed E-state index contributed by atoms with van der Waals surface area (Å²) in [5.41, 5.74) is -2.33. The normalized spacial score (nSPS) is 20.7. The predicted molar refractivity (Wildman–Crippen MR) is 91.3 cm³/mol. The van der Waals surface area contributed by atoms with Gasteiger partial charge in [-0.15, -0.1) is 0 Å². The molecule has 1 aliphatic carbocycles. The van der Waals surface area contributed by atoms with E-state index in [-0.39, 0.29) is 11.1 Å². The molecule has 1 unspecified atom stereocenters. The third-order valence-electron chi connectivity index (χ3n) is 4.66. The Hall–Kier alpha value is -2.89. The first-order valence-corrected chi connectivity index (χ1v) is 7.95. The highest BCUT2D eigenvalue weighted by Crippen LogP contribution is 2.54. The van der Waals surface area contributed by atoms with Gasteiger partial charge < -0.3 is 5.11 Å². The van der Waals surface area contributed by atoms with Gasteiger partial charge in [0.2, 0.25) is 0 Å². The fourth-order valence-corrected chi connectivity index (χ4v) is 3.55. The van der Waals surface area contributed by atoms with Gasteiger partial charge in [-0.05, 0) is 41.7 Å². The molecule has 0 fully saturated rings. The maximum absolute atomic E-state index is 14.4. The van der Waals surface area contributed by atoms with Crippen LogP contribution >= 0.6 is 0 Å². The lowest BCUT2D eigenvalue weighted by molar-refractivity contribution is -0.182. The van der Waals surface area contributed by atoms with Crippen LogP contribution in [0.4, 0.5) is 13.2 Å². The zero-order chi connectivity index (χ0) is 18.9. The smallest absolute Gasteiger partial charge is 0.403 e. The first-order valence-electron chi connectivity index (χ1n) is 7.95. The quantitative estimate of drug-likeness (QED) is 0.859. The fraction of sp³-hybridized carbons (Fsp3) is 0.200. The summed E-state index contributed by atoms with van der Waals surface area (Å²) in [7, 11) is 0. The summed E-state index contributed by atoms with van der Waals surface area (Å²) in [4.78, 5) is 15.6. The summed E-state index contributed by atoms with van der Waals surface area (Å²) in [5, 5.41) is 9.62. The average molecular weight is 359 g/mol. The van der Waals surface area contributed by atoms with Crippen LogP contribution in [0.1, 0.15) is 24.5 Å². The molecule has 0 amide bonds. The fourth-order valence-electron chi connectivity index (χ4n) is 3.55. The Morgan fingerprint density at radius 1 is 1.15 bits per heavy atom. The topological polar surface area (TPSA) is 50.2 Å². The number of rotatable bonds is 3. The van der Waals surface area contributed by atoms with Crippen molar-refractivity contribution in [2.45, 2.75) is 24.9 Å². The van der Waals surface area contributed by atoms with Gasteiger partial charge in [0.15, 0.2) is 0 Å². The zero-order valence-corrected chi connectivity index (χ0v) is 13.9. The molecule has 6 heteroatoms. The Morgan fingerprint density at radius 2 is 1.85 bits per heavy atom. The van der Waals surface area contributed by atoms with Gasteiger partial charge in [-0.2, -0.15) is 13.2 Å². The third kappa shape index (κ3) is 2.81. The molecule has 3 rings (SSSR count). The molecule has 26 heavy (non-hydrogen) atoms. The van der Waals surface area contributed by atoms with Crippen LogP contribution in [-0.4, -0.2) is 22.2 Å². The van der Waals surface area contributed by atoms with Crippen molar-refractivity contribution in [2.24, 2.45) is 0 Å². The highest BCUT2D eigenvalue weighted by atomic mass is 19.4. The molecule has 134 valence electrons. The predicted octanol–water partition coefficient (Wildman–Crippen LogP) is 4.77. The van der Waals surface area contributed by atoms with E-state index >= 15 is 0 Å².